The summed E-state index contributed by atoms with van der Waals surface area (Å²) in [5, 5.41) is 7.67. The van der Waals surface area contributed by atoms with Crippen LogP contribution in [0.25, 0.3) is 0 Å². The fraction of sp³-hybridized carbons (Fsp3) is 0.692. The number of nitrogens with one attached hydrogen (secondary N) is 1. The highest BCUT2D eigenvalue weighted by Gasteiger charge is 2.24. The molecule has 0 aliphatic heterocycles. The van der Waals surface area contributed by atoms with Crippen molar-refractivity contribution in [3.8, 4) is 0 Å². The molecule has 0 aromatic carbocycles. The standard InChI is InChI=1S/C13H21ClN4O/c1-2-18-13(19)12(14)11(8-16-18)17-10-6-4-3-5-9(10)7-15/h8-10,17H,2-7,15H2,1H3. The maximum atomic E-state index is 11.9. The smallest absolute Gasteiger partial charge is 0.287 e. The van der Waals surface area contributed by atoms with Crippen LogP contribution in [0.1, 0.15) is 32.6 Å². The van der Waals surface area contributed by atoms with Crippen molar-refractivity contribution >= 4 is 17.3 Å². The molecule has 0 spiro atoms. The monoisotopic (exact) mass is 284 g/mol. The van der Waals surface area contributed by atoms with Crippen molar-refractivity contribution in [1.82, 2.24) is 9.78 Å². The molecule has 5 nitrogen and oxygen atoms in total. The van der Waals surface area contributed by atoms with E-state index in [0.29, 0.717) is 24.7 Å². The molecule has 1 heterocycles. The molecule has 0 radical (unpaired) electrons. The summed E-state index contributed by atoms with van der Waals surface area (Å²) in [7, 11) is 0. The molecule has 0 saturated heterocycles. The van der Waals surface area contributed by atoms with Gasteiger partial charge in [0, 0.05) is 12.6 Å². The van der Waals surface area contributed by atoms with Crippen molar-refractivity contribution in [3.05, 3.63) is 21.6 Å². The topological polar surface area (TPSA) is 72.9 Å². The van der Waals surface area contributed by atoms with Crippen LogP contribution in [0.15, 0.2) is 11.0 Å². The Labute approximate surface area is 118 Å². The Kier molecular flexibility index (Phi) is 4.82. The van der Waals surface area contributed by atoms with Gasteiger partial charge in [0.1, 0.15) is 5.02 Å². The number of hydrogen-bond donors (Lipinski definition) is 2. The molecule has 2 rings (SSSR count). The van der Waals surface area contributed by atoms with Gasteiger partial charge in [-0.05, 0) is 32.2 Å². The van der Waals surface area contributed by atoms with Gasteiger partial charge in [-0.1, -0.05) is 24.4 Å². The summed E-state index contributed by atoms with van der Waals surface area (Å²) < 4.78 is 1.36. The highest BCUT2D eigenvalue weighted by atomic mass is 35.5. The third-order valence-electron chi connectivity index (χ3n) is 3.84. The lowest BCUT2D eigenvalue weighted by Gasteiger charge is -2.32. The van der Waals surface area contributed by atoms with Gasteiger partial charge >= 0.3 is 0 Å². The van der Waals surface area contributed by atoms with Gasteiger partial charge in [0.25, 0.3) is 5.56 Å². The van der Waals surface area contributed by atoms with Crippen molar-refractivity contribution in [3.63, 3.8) is 0 Å². The highest BCUT2D eigenvalue weighted by Crippen LogP contribution is 2.28. The van der Waals surface area contributed by atoms with Crippen molar-refractivity contribution in [2.24, 2.45) is 11.7 Å². The fourth-order valence-electron chi connectivity index (χ4n) is 2.67. The molecule has 106 valence electrons. The molecule has 2 unspecified atom stereocenters. The van der Waals surface area contributed by atoms with E-state index in [4.69, 9.17) is 17.3 Å². The summed E-state index contributed by atoms with van der Waals surface area (Å²) in [6.07, 6.45) is 6.24. The Morgan fingerprint density at radius 2 is 2.26 bits per heavy atom. The van der Waals surface area contributed by atoms with E-state index in [1.807, 2.05) is 6.92 Å². The van der Waals surface area contributed by atoms with E-state index in [1.54, 1.807) is 6.20 Å². The van der Waals surface area contributed by atoms with Crippen LogP contribution in [0, 0.1) is 5.92 Å². The first-order chi connectivity index (χ1) is 9.17. The van der Waals surface area contributed by atoms with Crippen LogP contribution in [0.2, 0.25) is 5.02 Å². The predicted octanol–water partition coefficient (Wildman–Crippen LogP) is 1.85. The Hall–Kier alpha value is -1.07. The van der Waals surface area contributed by atoms with Crippen LogP contribution in [0.3, 0.4) is 0 Å². The second-order valence-electron chi connectivity index (χ2n) is 5.02. The van der Waals surface area contributed by atoms with E-state index in [2.05, 4.69) is 10.4 Å². The van der Waals surface area contributed by atoms with Gasteiger partial charge in [-0.2, -0.15) is 5.10 Å². The summed E-state index contributed by atoms with van der Waals surface area (Å²) in [5.74, 6) is 0.443. The zero-order valence-corrected chi connectivity index (χ0v) is 12.0. The quantitative estimate of drug-likeness (QED) is 0.885. The van der Waals surface area contributed by atoms with E-state index in [0.717, 1.165) is 12.8 Å². The van der Waals surface area contributed by atoms with Crippen molar-refractivity contribution < 1.29 is 0 Å². The molecule has 1 aromatic rings. The molecular formula is C13H21ClN4O. The minimum atomic E-state index is -0.241. The summed E-state index contributed by atoms with van der Waals surface area (Å²) in [4.78, 5) is 11.9. The first-order valence-electron chi connectivity index (χ1n) is 6.89. The van der Waals surface area contributed by atoms with Crippen LogP contribution in [-0.4, -0.2) is 22.4 Å². The Bertz CT molecular complexity index is 488. The zero-order chi connectivity index (χ0) is 13.8. The molecule has 1 aliphatic rings. The van der Waals surface area contributed by atoms with E-state index < -0.39 is 0 Å². The number of anilines is 1. The lowest BCUT2D eigenvalue weighted by Crippen LogP contribution is -2.37. The molecule has 1 fully saturated rings. The van der Waals surface area contributed by atoms with Gasteiger partial charge in [0.2, 0.25) is 0 Å². The molecule has 1 aromatic heterocycles. The second kappa shape index (κ2) is 6.39. The average Bonchev–Trinajstić information content (AvgIpc) is 2.45. The molecule has 0 amide bonds. The average molecular weight is 285 g/mol. The van der Waals surface area contributed by atoms with Crippen LogP contribution in [-0.2, 0) is 6.54 Å². The third kappa shape index (κ3) is 3.09. The fourth-order valence-corrected chi connectivity index (χ4v) is 2.87. The van der Waals surface area contributed by atoms with E-state index >= 15 is 0 Å². The highest BCUT2D eigenvalue weighted by molar-refractivity contribution is 6.32. The van der Waals surface area contributed by atoms with Crippen molar-refractivity contribution in [1.29, 1.82) is 0 Å². The SMILES string of the molecule is CCn1ncc(NC2CCCCC2CN)c(Cl)c1=O. The number of nitrogens with zero attached hydrogens (tertiary/aromatic N) is 2. The summed E-state index contributed by atoms with van der Waals surface area (Å²) in [6, 6.07) is 0.287. The summed E-state index contributed by atoms with van der Waals surface area (Å²) >= 11 is 6.12. The normalized spacial score (nSPS) is 23.3. The molecular weight excluding hydrogens is 264 g/mol. The van der Waals surface area contributed by atoms with Gasteiger partial charge in [-0.25, -0.2) is 4.68 Å². The summed E-state index contributed by atoms with van der Waals surface area (Å²) in [6.45, 7) is 3.05. The number of hydrogen-bond acceptors (Lipinski definition) is 4. The lowest BCUT2D eigenvalue weighted by atomic mass is 9.84. The van der Waals surface area contributed by atoms with Gasteiger partial charge in [-0.3, -0.25) is 4.79 Å². The van der Waals surface area contributed by atoms with E-state index in [-0.39, 0.29) is 16.6 Å². The van der Waals surface area contributed by atoms with Crippen LogP contribution in [0.5, 0.6) is 0 Å². The molecule has 1 saturated carbocycles. The summed E-state index contributed by atoms with van der Waals surface area (Å²) in [5.41, 5.74) is 6.19. The first-order valence-corrected chi connectivity index (χ1v) is 7.27. The minimum Gasteiger partial charge on any atom is -0.379 e. The largest absolute Gasteiger partial charge is 0.379 e. The van der Waals surface area contributed by atoms with Gasteiger partial charge in [0.05, 0.1) is 11.9 Å². The molecule has 6 heteroatoms. The number of aromatic nitrogens is 2. The van der Waals surface area contributed by atoms with Crippen LogP contribution < -0.4 is 16.6 Å². The number of nitrogens with two attached hydrogens (primary N) is 1. The zero-order valence-electron chi connectivity index (χ0n) is 11.2. The van der Waals surface area contributed by atoms with E-state index in [9.17, 15) is 4.79 Å². The predicted molar refractivity (Wildman–Crippen MR) is 77.6 cm³/mol. The lowest BCUT2D eigenvalue weighted by molar-refractivity contribution is 0.332. The van der Waals surface area contributed by atoms with Crippen LogP contribution in [0.4, 0.5) is 5.69 Å². The maximum absolute atomic E-state index is 11.9. The second-order valence-corrected chi connectivity index (χ2v) is 5.40. The first kappa shape index (κ1) is 14.3. The van der Waals surface area contributed by atoms with Gasteiger partial charge in [0.15, 0.2) is 0 Å². The molecule has 1 aliphatic carbocycles. The van der Waals surface area contributed by atoms with E-state index in [1.165, 1.54) is 17.5 Å². The number of halogens is 1. The number of rotatable bonds is 4. The Morgan fingerprint density at radius 3 is 2.95 bits per heavy atom. The van der Waals surface area contributed by atoms with Gasteiger partial charge in [-0.15, -0.1) is 0 Å². The molecule has 2 atom stereocenters. The van der Waals surface area contributed by atoms with Crippen molar-refractivity contribution in [2.45, 2.75) is 45.2 Å². The van der Waals surface area contributed by atoms with Gasteiger partial charge < -0.3 is 11.1 Å². The maximum Gasteiger partial charge on any atom is 0.287 e. The number of aryl methyl sites for hydroxylation is 1. The van der Waals surface area contributed by atoms with Crippen LogP contribution >= 0.6 is 11.6 Å². The van der Waals surface area contributed by atoms with Crippen molar-refractivity contribution in [2.75, 3.05) is 11.9 Å². The Morgan fingerprint density at radius 1 is 1.53 bits per heavy atom. The third-order valence-corrected chi connectivity index (χ3v) is 4.20. The molecule has 3 N–H and O–H groups in total. The molecule has 19 heavy (non-hydrogen) atoms. The Balaban J connectivity index is 2.19. The molecule has 0 bridgehead atoms. The minimum absolute atomic E-state index is 0.221.